The Morgan fingerprint density at radius 3 is 2.65 bits per heavy atom. The molecule has 0 saturated heterocycles. The quantitative estimate of drug-likeness (QED) is 0.919. The summed E-state index contributed by atoms with van der Waals surface area (Å²) in [5.41, 5.74) is 3.43. The third kappa shape index (κ3) is 2.72. The van der Waals surface area contributed by atoms with Gasteiger partial charge in [0.05, 0.1) is 23.9 Å². The predicted octanol–water partition coefficient (Wildman–Crippen LogP) is 3.34. The van der Waals surface area contributed by atoms with Crippen LogP contribution in [-0.4, -0.2) is 14.9 Å². The van der Waals surface area contributed by atoms with Gasteiger partial charge in [-0.25, -0.2) is 4.39 Å². The molecule has 2 rings (SSSR count). The van der Waals surface area contributed by atoms with E-state index in [2.05, 4.69) is 5.10 Å². The fourth-order valence-electron chi connectivity index (χ4n) is 2.41. The van der Waals surface area contributed by atoms with Gasteiger partial charge in [-0.1, -0.05) is 37.6 Å². The zero-order chi connectivity index (χ0) is 14.7. The summed E-state index contributed by atoms with van der Waals surface area (Å²) in [5.74, 6) is -0.424. The van der Waals surface area contributed by atoms with Gasteiger partial charge in [-0.15, -0.1) is 0 Å². The SMILES string of the molecule is CCc1nn(Cc2cccc(F)c2Cl)c(CC)c1CO. The molecule has 0 aliphatic rings. The van der Waals surface area contributed by atoms with Gasteiger partial charge in [-0.2, -0.15) is 5.10 Å². The summed E-state index contributed by atoms with van der Waals surface area (Å²) in [5, 5.41) is 14.1. The minimum absolute atomic E-state index is 0.0246. The smallest absolute Gasteiger partial charge is 0.142 e. The Morgan fingerprint density at radius 1 is 1.30 bits per heavy atom. The largest absolute Gasteiger partial charge is 0.392 e. The Bertz CT molecular complexity index is 610. The lowest BCUT2D eigenvalue weighted by molar-refractivity contribution is 0.279. The molecular formula is C15H18ClFN2O. The molecule has 0 spiro atoms. The zero-order valence-electron chi connectivity index (χ0n) is 11.7. The van der Waals surface area contributed by atoms with E-state index in [0.29, 0.717) is 12.1 Å². The van der Waals surface area contributed by atoms with Crippen LogP contribution in [0.2, 0.25) is 5.02 Å². The van der Waals surface area contributed by atoms with Crippen molar-refractivity contribution in [2.24, 2.45) is 0 Å². The van der Waals surface area contributed by atoms with Crippen molar-refractivity contribution in [3.63, 3.8) is 0 Å². The van der Waals surface area contributed by atoms with Gasteiger partial charge >= 0.3 is 0 Å². The third-order valence-corrected chi connectivity index (χ3v) is 3.85. The number of halogens is 2. The van der Waals surface area contributed by atoms with Crippen LogP contribution in [0.25, 0.3) is 0 Å². The molecule has 0 radical (unpaired) electrons. The van der Waals surface area contributed by atoms with E-state index in [1.807, 2.05) is 18.5 Å². The van der Waals surface area contributed by atoms with Crippen molar-refractivity contribution in [2.75, 3.05) is 0 Å². The summed E-state index contributed by atoms with van der Waals surface area (Å²) >= 11 is 5.99. The predicted molar refractivity (Wildman–Crippen MR) is 77.4 cm³/mol. The zero-order valence-corrected chi connectivity index (χ0v) is 12.4. The molecular weight excluding hydrogens is 279 g/mol. The van der Waals surface area contributed by atoms with E-state index in [9.17, 15) is 9.50 Å². The Hall–Kier alpha value is -1.39. The fourth-order valence-corrected chi connectivity index (χ4v) is 2.60. The molecule has 0 unspecified atom stereocenters. The van der Waals surface area contributed by atoms with E-state index < -0.39 is 5.82 Å². The maximum atomic E-state index is 13.5. The minimum atomic E-state index is -0.424. The summed E-state index contributed by atoms with van der Waals surface area (Å²) in [7, 11) is 0. The van der Waals surface area contributed by atoms with E-state index in [0.717, 1.165) is 29.8 Å². The highest BCUT2D eigenvalue weighted by Gasteiger charge is 2.16. The number of aromatic nitrogens is 2. The van der Waals surface area contributed by atoms with Gasteiger partial charge in [0.1, 0.15) is 5.82 Å². The molecule has 0 aliphatic carbocycles. The topological polar surface area (TPSA) is 38.0 Å². The standard InChI is InChI=1S/C15H18ClFN2O/c1-3-13-11(9-20)14(4-2)19(18-13)8-10-6-5-7-12(17)15(10)16/h5-7,20H,3-4,8-9H2,1-2H3. The first-order chi connectivity index (χ1) is 9.62. The van der Waals surface area contributed by atoms with Gasteiger partial charge in [0.15, 0.2) is 0 Å². The van der Waals surface area contributed by atoms with Crippen LogP contribution >= 0.6 is 11.6 Å². The van der Waals surface area contributed by atoms with Gasteiger partial charge in [0.25, 0.3) is 0 Å². The van der Waals surface area contributed by atoms with Crippen LogP contribution in [0.1, 0.15) is 36.4 Å². The number of hydrogen-bond donors (Lipinski definition) is 1. The van der Waals surface area contributed by atoms with E-state index in [-0.39, 0.29) is 11.6 Å². The number of aliphatic hydroxyl groups excluding tert-OH is 1. The highest BCUT2D eigenvalue weighted by Crippen LogP contribution is 2.23. The highest BCUT2D eigenvalue weighted by molar-refractivity contribution is 6.31. The number of nitrogens with zero attached hydrogens (tertiary/aromatic N) is 2. The molecule has 1 N–H and O–H groups in total. The molecule has 0 saturated carbocycles. The molecule has 1 aromatic carbocycles. The summed E-state index contributed by atoms with van der Waals surface area (Å²) in [6.45, 7) is 4.40. The summed E-state index contributed by atoms with van der Waals surface area (Å²) in [6, 6.07) is 4.77. The number of hydrogen-bond acceptors (Lipinski definition) is 2. The summed E-state index contributed by atoms with van der Waals surface area (Å²) in [6.07, 6.45) is 1.52. The highest BCUT2D eigenvalue weighted by atomic mass is 35.5. The molecule has 20 heavy (non-hydrogen) atoms. The van der Waals surface area contributed by atoms with Crippen molar-refractivity contribution in [1.29, 1.82) is 0 Å². The Labute approximate surface area is 123 Å². The van der Waals surface area contributed by atoms with Crippen LogP contribution in [0.3, 0.4) is 0 Å². The minimum Gasteiger partial charge on any atom is -0.392 e. The van der Waals surface area contributed by atoms with Crippen LogP contribution in [0.5, 0.6) is 0 Å². The monoisotopic (exact) mass is 296 g/mol. The average molecular weight is 297 g/mol. The summed E-state index contributed by atoms with van der Waals surface area (Å²) < 4.78 is 15.3. The van der Waals surface area contributed by atoms with Crippen molar-refractivity contribution in [1.82, 2.24) is 9.78 Å². The van der Waals surface area contributed by atoms with Crippen molar-refractivity contribution in [3.05, 3.63) is 51.6 Å². The maximum absolute atomic E-state index is 13.5. The number of benzene rings is 1. The first kappa shape index (κ1) is 15.0. The molecule has 0 bridgehead atoms. The van der Waals surface area contributed by atoms with Crippen LogP contribution in [0.4, 0.5) is 4.39 Å². The molecule has 5 heteroatoms. The Morgan fingerprint density at radius 2 is 2.05 bits per heavy atom. The molecule has 0 aliphatic heterocycles. The fraction of sp³-hybridized carbons (Fsp3) is 0.400. The van der Waals surface area contributed by atoms with Crippen LogP contribution in [0, 0.1) is 5.82 Å². The molecule has 1 aromatic heterocycles. The van der Waals surface area contributed by atoms with Gasteiger partial charge in [-0.05, 0) is 24.5 Å². The van der Waals surface area contributed by atoms with Crippen LogP contribution in [0.15, 0.2) is 18.2 Å². The van der Waals surface area contributed by atoms with E-state index >= 15 is 0 Å². The number of aryl methyl sites for hydroxylation is 1. The Kier molecular flexibility index (Phi) is 4.78. The second-order valence-electron chi connectivity index (χ2n) is 4.61. The number of rotatable bonds is 5. The van der Waals surface area contributed by atoms with E-state index in [4.69, 9.17) is 11.6 Å². The molecule has 3 nitrogen and oxygen atoms in total. The first-order valence-corrected chi connectivity index (χ1v) is 7.11. The Balaban J connectivity index is 2.43. The van der Waals surface area contributed by atoms with E-state index in [1.54, 1.807) is 12.1 Å². The van der Waals surface area contributed by atoms with Crippen molar-refractivity contribution >= 4 is 11.6 Å². The average Bonchev–Trinajstić information content (AvgIpc) is 2.80. The molecule has 0 atom stereocenters. The van der Waals surface area contributed by atoms with Crippen LogP contribution in [-0.2, 0) is 26.0 Å². The first-order valence-electron chi connectivity index (χ1n) is 6.73. The van der Waals surface area contributed by atoms with Crippen molar-refractivity contribution in [3.8, 4) is 0 Å². The summed E-state index contributed by atoms with van der Waals surface area (Å²) in [4.78, 5) is 0. The lowest BCUT2D eigenvalue weighted by atomic mass is 10.1. The maximum Gasteiger partial charge on any atom is 0.142 e. The van der Waals surface area contributed by atoms with Gasteiger partial charge in [-0.3, -0.25) is 4.68 Å². The van der Waals surface area contributed by atoms with Crippen molar-refractivity contribution in [2.45, 2.75) is 39.8 Å². The lowest BCUT2D eigenvalue weighted by Gasteiger charge is -2.09. The normalized spacial score (nSPS) is 11.1. The van der Waals surface area contributed by atoms with Crippen molar-refractivity contribution < 1.29 is 9.50 Å². The van der Waals surface area contributed by atoms with Gasteiger partial charge in [0.2, 0.25) is 0 Å². The second-order valence-corrected chi connectivity index (χ2v) is 4.99. The van der Waals surface area contributed by atoms with Gasteiger partial charge < -0.3 is 5.11 Å². The molecule has 0 fully saturated rings. The number of aliphatic hydroxyl groups is 1. The molecule has 2 aromatic rings. The molecule has 108 valence electrons. The molecule has 1 heterocycles. The third-order valence-electron chi connectivity index (χ3n) is 3.43. The second kappa shape index (κ2) is 6.37. The van der Waals surface area contributed by atoms with Crippen LogP contribution < -0.4 is 0 Å². The lowest BCUT2D eigenvalue weighted by Crippen LogP contribution is -2.07. The molecule has 0 amide bonds. The van der Waals surface area contributed by atoms with E-state index in [1.165, 1.54) is 6.07 Å². The van der Waals surface area contributed by atoms with Gasteiger partial charge in [0, 0.05) is 11.3 Å².